The van der Waals surface area contributed by atoms with Crippen molar-refractivity contribution in [2.75, 3.05) is 26.2 Å². The maximum absolute atomic E-state index is 13.8. The Morgan fingerprint density at radius 1 is 1.36 bits per heavy atom. The Hall–Kier alpha value is -1.95. The fourth-order valence-corrected chi connectivity index (χ4v) is 3.20. The van der Waals surface area contributed by atoms with Gasteiger partial charge in [-0.15, -0.1) is 0 Å². The third-order valence-corrected chi connectivity index (χ3v) is 4.70. The summed E-state index contributed by atoms with van der Waals surface area (Å²) >= 11 is 0. The zero-order valence-corrected chi connectivity index (χ0v) is 14.8. The van der Waals surface area contributed by atoms with Crippen molar-refractivity contribution in [1.82, 2.24) is 9.80 Å². The first-order chi connectivity index (χ1) is 12.1. The second-order valence-electron chi connectivity index (χ2n) is 6.45. The van der Waals surface area contributed by atoms with E-state index in [0.29, 0.717) is 44.5 Å². The maximum atomic E-state index is 13.8. The summed E-state index contributed by atoms with van der Waals surface area (Å²) in [5, 5.41) is 8.89. The molecular weight excluding hydrogens is 323 g/mol. The molecule has 1 aliphatic heterocycles. The van der Waals surface area contributed by atoms with E-state index in [-0.39, 0.29) is 36.7 Å². The molecular formula is C19H27FN2O3. The molecule has 0 radical (unpaired) electrons. The first-order valence-corrected chi connectivity index (χ1v) is 8.97. The van der Waals surface area contributed by atoms with Crippen molar-refractivity contribution in [3.8, 4) is 0 Å². The monoisotopic (exact) mass is 350 g/mol. The highest BCUT2D eigenvalue weighted by Gasteiger charge is 2.32. The molecule has 1 fully saturated rings. The number of rotatable bonds is 8. The molecule has 1 unspecified atom stereocenters. The van der Waals surface area contributed by atoms with Gasteiger partial charge in [0, 0.05) is 44.8 Å². The van der Waals surface area contributed by atoms with Gasteiger partial charge in [0.2, 0.25) is 11.8 Å². The quantitative estimate of drug-likeness (QED) is 0.731. The van der Waals surface area contributed by atoms with Gasteiger partial charge < -0.3 is 14.9 Å². The molecule has 0 spiro atoms. The maximum Gasteiger partial charge on any atom is 0.227 e. The summed E-state index contributed by atoms with van der Waals surface area (Å²) in [4.78, 5) is 28.3. The highest BCUT2D eigenvalue weighted by Crippen LogP contribution is 2.22. The molecule has 0 bridgehead atoms. The van der Waals surface area contributed by atoms with Crippen LogP contribution in [0.5, 0.6) is 0 Å². The van der Waals surface area contributed by atoms with Gasteiger partial charge >= 0.3 is 0 Å². The van der Waals surface area contributed by atoms with Gasteiger partial charge in [-0.3, -0.25) is 9.59 Å². The zero-order chi connectivity index (χ0) is 18.2. The van der Waals surface area contributed by atoms with E-state index in [4.69, 9.17) is 5.11 Å². The van der Waals surface area contributed by atoms with Crippen LogP contribution in [0.1, 0.15) is 38.2 Å². The molecule has 1 aliphatic rings. The summed E-state index contributed by atoms with van der Waals surface area (Å²) in [7, 11) is 0. The molecule has 6 heteroatoms. The van der Waals surface area contributed by atoms with E-state index in [1.807, 2.05) is 6.92 Å². The predicted octanol–water partition coefficient (Wildman–Crippen LogP) is 2.19. The Morgan fingerprint density at radius 3 is 2.80 bits per heavy atom. The number of aliphatic hydroxyl groups is 1. The zero-order valence-electron chi connectivity index (χ0n) is 14.8. The Balaban J connectivity index is 1.99. The number of halogens is 1. The molecule has 5 nitrogen and oxygen atoms in total. The number of likely N-dealkylation sites (tertiary alicyclic amines) is 1. The summed E-state index contributed by atoms with van der Waals surface area (Å²) in [6, 6.07) is 6.41. The van der Waals surface area contributed by atoms with E-state index in [1.165, 1.54) is 6.07 Å². The largest absolute Gasteiger partial charge is 0.396 e. The van der Waals surface area contributed by atoms with Crippen molar-refractivity contribution in [2.45, 2.75) is 39.2 Å². The van der Waals surface area contributed by atoms with Gasteiger partial charge in [-0.05, 0) is 32.3 Å². The van der Waals surface area contributed by atoms with E-state index >= 15 is 0 Å². The summed E-state index contributed by atoms with van der Waals surface area (Å²) in [6.45, 7) is 3.83. The summed E-state index contributed by atoms with van der Waals surface area (Å²) in [6.07, 6.45) is 2.30. The molecule has 0 aliphatic carbocycles. The van der Waals surface area contributed by atoms with E-state index < -0.39 is 0 Å². The average Bonchev–Trinajstić information content (AvgIpc) is 2.62. The Morgan fingerprint density at radius 2 is 2.12 bits per heavy atom. The van der Waals surface area contributed by atoms with Crippen LogP contribution in [0.4, 0.5) is 4.39 Å². The van der Waals surface area contributed by atoms with Gasteiger partial charge in [0.1, 0.15) is 5.82 Å². The van der Waals surface area contributed by atoms with Crippen molar-refractivity contribution < 1.29 is 19.1 Å². The smallest absolute Gasteiger partial charge is 0.227 e. The van der Waals surface area contributed by atoms with Crippen LogP contribution in [-0.4, -0.2) is 53.0 Å². The van der Waals surface area contributed by atoms with Gasteiger partial charge in [0.25, 0.3) is 0 Å². The van der Waals surface area contributed by atoms with Crippen molar-refractivity contribution in [2.24, 2.45) is 5.92 Å². The predicted molar refractivity (Wildman–Crippen MR) is 93.1 cm³/mol. The molecule has 1 heterocycles. The number of carbonyl (C=O) groups excluding carboxylic acids is 2. The number of piperidine rings is 1. The first-order valence-electron chi connectivity index (χ1n) is 8.97. The van der Waals surface area contributed by atoms with Crippen LogP contribution >= 0.6 is 0 Å². The highest BCUT2D eigenvalue weighted by atomic mass is 19.1. The summed E-state index contributed by atoms with van der Waals surface area (Å²) < 4.78 is 13.8. The van der Waals surface area contributed by atoms with E-state index in [1.54, 1.807) is 28.0 Å². The highest BCUT2D eigenvalue weighted by molar-refractivity contribution is 5.83. The van der Waals surface area contributed by atoms with Crippen LogP contribution in [0.2, 0.25) is 0 Å². The van der Waals surface area contributed by atoms with E-state index in [9.17, 15) is 14.0 Å². The third-order valence-electron chi connectivity index (χ3n) is 4.70. The number of amides is 2. The third kappa shape index (κ3) is 5.26. The van der Waals surface area contributed by atoms with Gasteiger partial charge in [0.05, 0.1) is 5.92 Å². The van der Waals surface area contributed by atoms with Crippen LogP contribution in [-0.2, 0) is 16.1 Å². The van der Waals surface area contributed by atoms with E-state index in [2.05, 4.69) is 0 Å². The molecule has 138 valence electrons. The molecule has 2 rings (SSSR count). The Labute approximate surface area is 148 Å². The van der Waals surface area contributed by atoms with Gasteiger partial charge in [-0.25, -0.2) is 4.39 Å². The lowest BCUT2D eigenvalue weighted by molar-refractivity contribution is -0.143. The first kappa shape index (κ1) is 19.4. The lowest BCUT2D eigenvalue weighted by Gasteiger charge is -2.34. The molecule has 1 saturated heterocycles. The second kappa shape index (κ2) is 9.51. The van der Waals surface area contributed by atoms with Crippen LogP contribution < -0.4 is 0 Å². The minimum absolute atomic E-state index is 0.0318. The summed E-state index contributed by atoms with van der Waals surface area (Å²) in [5.74, 6) is -0.552. The average molecular weight is 350 g/mol. The number of nitrogens with zero attached hydrogens (tertiary/aromatic N) is 2. The van der Waals surface area contributed by atoms with Crippen LogP contribution in [0, 0.1) is 11.7 Å². The van der Waals surface area contributed by atoms with Crippen molar-refractivity contribution in [3.05, 3.63) is 35.6 Å². The lowest BCUT2D eigenvalue weighted by Crippen LogP contribution is -2.47. The topological polar surface area (TPSA) is 60.9 Å². The Kier molecular flexibility index (Phi) is 7.37. The van der Waals surface area contributed by atoms with Gasteiger partial charge in [-0.2, -0.15) is 0 Å². The normalized spacial score (nSPS) is 17.6. The van der Waals surface area contributed by atoms with Crippen molar-refractivity contribution >= 4 is 11.8 Å². The number of benzene rings is 1. The molecule has 25 heavy (non-hydrogen) atoms. The minimum Gasteiger partial charge on any atom is -0.396 e. The number of aliphatic hydroxyl groups excluding tert-OH is 1. The SMILES string of the molecule is CCN(CCCCO)C(=O)C1CCC(=O)N(Cc2ccccc2F)C1. The fraction of sp³-hybridized carbons (Fsp3) is 0.579. The molecule has 0 saturated carbocycles. The fourth-order valence-electron chi connectivity index (χ4n) is 3.20. The standard InChI is InChI=1S/C19H27FN2O3/c1-2-21(11-5-6-12-23)19(25)16-9-10-18(24)22(14-16)13-15-7-3-4-8-17(15)20/h3-4,7-8,16,23H,2,5-6,9-14H2,1H3. The van der Waals surface area contributed by atoms with Crippen LogP contribution in [0.15, 0.2) is 24.3 Å². The van der Waals surface area contributed by atoms with E-state index in [0.717, 1.165) is 6.42 Å². The molecule has 0 aromatic heterocycles. The van der Waals surface area contributed by atoms with Crippen LogP contribution in [0.3, 0.4) is 0 Å². The molecule has 1 N–H and O–H groups in total. The number of carbonyl (C=O) groups is 2. The molecule has 1 atom stereocenters. The lowest BCUT2D eigenvalue weighted by atomic mass is 9.95. The number of hydrogen-bond acceptors (Lipinski definition) is 3. The van der Waals surface area contributed by atoms with Crippen molar-refractivity contribution in [3.63, 3.8) is 0 Å². The molecule has 2 amide bonds. The summed E-state index contributed by atoms with van der Waals surface area (Å²) in [5.41, 5.74) is 0.472. The molecule has 1 aromatic rings. The van der Waals surface area contributed by atoms with Gasteiger partial charge in [-0.1, -0.05) is 18.2 Å². The number of hydrogen-bond donors (Lipinski definition) is 1. The molecule has 1 aromatic carbocycles. The second-order valence-corrected chi connectivity index (χ2v) is 6.45. The minimum atomic E-state index is -0.331. The van der Waals surface area contributed by atoms with Gasteiger partial charge in [0.15, 0.2) is 0 Å². The Bertz CT molecular complexity index is 594. The van der Waals surface area contributed by atoms with Crippen LogP contribution in [0.25, 0.3) is 0 Å². The van der Waals surface area contributed by atoms with Crippen molar-refractivity contribution in [1.29, 1.82) is 0 Å². The number of unbranched alkanes of at least 4 members (excludes halogenated alkanes) is 1.